The Morgan fingerprint density at radius 3 is 2.95 bits per heavy atom. The van der Waals surface area contributed by atoms with Crippen molar-refractivity contribution < 1.29 is 14.3 Å². The highest BCUT2D eigenvalue weighted by atomic mass is 79.9. The smallest absolute Gasteiger partial charge is 0.308 e. The van der Waals surface area contributed by atoms with Gasteiger partial charge in [-0.2, -0.15) is 4.98 Å². The molecule has 0 amide bonds. The van der Waals surface area contributed by atoms with Crippen LogP contribution < -0.4 is 10.1 Å². The Kier molecular flexibility index (Phi) is 4.57. The summed E-state index contributed by atoms with van der Waals surface area (Å²) in [5.74, 6) is 0.828. The lowest BCUT2D eigenvalue weighted by atomic mass is 10.1. The third-order valence-electron chi connectivity index (χ3n) is 3.21. The molecule has 6 nitrogen and oxygen atoms in total. The van der Waals surface area contributed by atoms with Crippen LogP contribution in [0.5, 0.6) is 5.88 Å². The van der Waals surface area contributed by atoms with Crippen LogP contribution in [0.2, 0.25) is 0 Å². The zero-order valence-electron chi connectivity index (χ0n) is 10.9. The number of hydrogen-bond acceptors (Lipinski definition) is 6. The number of hydrogen-bond donors (Lipinski definition) is 1. The Hall–Kier alpha value is -1.37. The van der Waals surface area contributed by atoms with E-state index in [2.05, 4.69) is 31.2 Å². The van der Waals surface area contributed by atoms with Gasteiger partial charge in [0.2, 0.25) is 11.8 Å². The second kappa shape index (κ2) is 6.18. The molecule has 2 atom stereocenters. The van der Waals surface area contributed by atoms with E-state index in [1.807, 2.05) is 0 Å². The Balaban J connectivity index is 1.97. The summed E-state index contributed by atoms with van der Waals surface area (Å²) in [7, 11) is 2.98. The van der Waals surface area contributed by atoms with Crippen molar-refractivity contribution in [2.75, 3.05) is 19.5 Å². The number of nitrogens with one attached hydrogen (secondary N) is 1. The highest BCUT2D eigenvalue weighted by Gasteiger charge is 2.30. The minimum absolute atomic E-state index is 0.0279. The summed E-state index contributed by atoms with van der Waals surface area (Å²) in [4.78, 5) is 19.9. The zero-order valence-corrected chi connectivity index (χ0v) is 12.4. The van der Waals surface area contributed by atoms with Crippen LogP contribution in [0.3, 0.4) is 0 Å². The Bertz CT molecular complexity index is 470. The van der Waals surface area contributed by atoms with Gasteiger partial charge in [0.25, 0.3) is 0 Å². The van der Waals surface area contributed by atoms with Crippen LogP contribution in [0.4, 0.5) is 5.95 Å². The number of halogens is 1. The molecule has 1 fully saturated rings. The van der Waals surface area contributed by atoms with Crippen LogP contribution in [0.25, 0.3) is 0 Å². The van der Waals surface area contributed by atoms with Gasteiger partial charge in [0.15, 0.2) is 0 Å². The predicted molar refractivity (Wildman–Crippen MR) is 73.1 cm³/mol. The van der Waals surface area contributed by atoms with Gasteiger partial charge in [-0.15, -0.1) is 0 Å². The Morgan fingerprint density at radius 1 is 1.47 bits per heavy atom. The second-order valence-corrected chi connectivity index (χ2v) is 5.28. The third kappa shape index (κ3) is 3.34. The molecule has 0 radical (unpaired) electrons. The SMILES string of the molecule is COC(=O)[C@H]1CC[C@@H](Nc2ncc(Br)c(OC)n2)C1. The number of ether oxygens (including phenoxy) is 2. The molecule has 19 heavy (non-hydrogen) atoms. The van der Waals surface area contributed by atoms with Gasteiger partial charge in [-0.1, -0.05) is 0 Å². The van der Waals surface area contributed by atoms with E-state index in [0.29, 0.717) is 16.3 Å². The average Bonchev–Trinajstić information content (AvgIpc) is 2.88. The van der Waals surface area contributed by atoms with Crippen molar-refractivity contribution in [3.05, 3.63) is 10.7 Å². The average molecular weight is 330 g/mol. The van der Waals surface area contributed by atoms with E-state index in [0.717, 1.165) is 19.3 Å². The molecule has 1 saturated carbocycles. The van der Waals surface area contributed by atoms with Crippen LogP contribution in [0.1, 0.15) is 19.3 Å². The minimum Gasteiger partial charge on any atom is -0.480 e. The number of carbonyl (C=O) groups is 1. The van der Waals surface area contributed by atoms with Crippen molar-refractivity contribution in [2.45, 2.75) is 25.3 Å². The summed E-state index contributed by atoms with van der Waals surface area (Å²) < 4.78 is 10.6. The Morgan fingerprint density at radius 2 is 2.26 bits per heavy atom. The van der Waals surface area contributed by atoms with Crippen molar-refractivity contribution in [1.82, 2.24) is 9.97 Å². The molecule has 1 N–H and O–H groups in total. The molecule has 0 bridgehead atoms. The normalized spacial score (nSPS) is 22.1. The van der Waals surface area contributed by atoms with E-state index in [1.165, 1.54) is 7.11 Å². The predicted octanol–water partition coefficient (Wildman–Crippen LogP) is 2.00. The first kappa shape index (κ1) is 14.0. The van der Waals surface area contributed by atoms with Crippen LogP contribution >= 0.6 is 15.9 Å². The van der Waals surface area contributed by atoms with Crippen LogP contribution in [-0.2, 0) is 9.53 Å². The first-order chi connectivity index (χ1) is 9.13. The monoisotopic (exact) mass is 329 g/mol. The molecular formula is C12H16BrN3O3. The van der Waals surface area contributed by atoms with Gasteiger partial charge in [-0.05, 0) is 35.2 Å². The summed E-state index contributed by atoms with van der Waals surface area (Å²) in [5.41, 5.74) is 0. The summed E-state index contributed by atoms with van der Waals surface area (Å²) in [6, 6.07) is 0.190. The van der Waals surface area contributed by atoms with Crippen molar-refractivity contribution in [1.29, 1.82) is 0 Å². The highest BCUT2D eigenvalue weighted by molar-refractivity contribution is 9.10. The van der Waals surface area contributed by atoms with E-state index in [9.17, 15) is 4.79 Å². The van der Waals surface area contributed by atoms with Gasteiger partial charge < -0.3 is 14.8 Å². The number of carbonyl (C=O) groups excluding carboxylic acids is 1. The minimum atomic E-state index is -0.140. The molecule has 1 aromatic rings. The summed E-state index contributed by atoms with van der Waals surface area (Å²) in [6.07, 6.45) is 4.12. The van der Waals surface area contributed by atoms with Gasteiger partial charge in [-0.3, -0.25) is 4.79 Å². The number of aromatic nitrogens is 2. The van der Waals surface area contributed by atoms with Crippen molar-refractivity contribution in [2.24, 2.45) is 5.92 Å². The molecule has 104 valence electrons. The molecular weight excluding hydrogens is 314 g/mol. The van der Waals surface area contributed by atoms with Gasteiger partial charge in [0, 0.05) is 6.04 Å². The molecule has 1 aliphatic rings. The fourth-order valence-corrected chi connectivity index (χ4v) is 2.59. The van der Waals surface area contributed by atoms with E-state index >= 15 is 0 Å². The molecule has 0 spiro atoms. The standard InChI is InChI=1S/C12H16BrN3O3/c1-18-10-9(13)6-14-12(16-10)15-8-4-3-7(5-8)11(17)19-2/h6-8H,3-5H2,1-2H3,(H,14,15,16)/t7-,8+/m0/s1. The molecule has 0 unspecified atom stereocenters. The fourth-order valence-electron chi connectivity index (χ4n) is 2.24. The lowest BCUT2D eigenvalue weighted by Gasteiger charge is -2.13. The van der Waals surface area contributed by atoms with E-state index in [4.69, 9.17) is 9.47 Å². The van der Waals surface area contributed by atoms with Crippen molar-refractivity contribution >= 4 is 27.8 Å². The maximum Gasteiger partial charge on any atom is 0.308 e. The first-order valence-corrected chi connectivity index (χ1v) is 6.84. The molecule has 7 heteroatoms. The summed E-state index contributed by atoms with van der Waals surface area (Å²) in [5, 5.41) is 3.22. The van der Waals surface area contributed by atoms with Gasteiger partial charge in [-0.25, -0.2) is 4.98 Å². The summed E-state index contributed by atoms with van der Waals surface area (Å²) >= 11 is 3.30. The number of methoxy groups -OCH3 is 2. The maximum atomic E-state index is 11.4. The molecule has 0 aliphatic heterocycles. The van der Waals surface area contributed by atoms with Crippen LogP contribution in [-0.4, -0.2) is 36.2 Å². The molecule has 0 saturated heterocycles. The van der Waals surface area contributed by atoms with Gasteiger partial charge in [0.05, 0.1) is 30.8 Å². The number of rotatable bonds is 4. The highest BCUT2D eigenvalue weighted by Crippen LogP contribution is 2.29. The molecule has 1 aliphatic carbocycles. The van der Waals surface area contributed by atoms with Crippen molar-refractivity contribution in [3.63, 3.8) is 0 Å². The van der Waals surface area contributed by atoms with E-state index in [-0.39, 0.29) is 17.9 Å². The maximum absolute atomic E-state index is 11.4. The lowest BCUT2D eigenvalue weighted by molar-refractivity contribution is -0.145. The topological polar surface area (TPSA) is 73.3 Å². The van der Waals surface area contributed by atoms with Gasteiger partial charge in [0.1, 0.15) is 0 Å². The zero-order chi connectivity index (χ0) is 13.8. The van der Waals surface area contributed by atoms with E-state index < -0.39 is 0 Å². The van der Waals surface area contributed by atoms with Crippen molar-refractivity contribution in [3.8, 4) is 5.88 Å². The van der Waals surface area contributed by atoms with Gasteiger partial charge >= 0.3 is 5.97 Å². The van der Waals surface area contributed by atoms with Crippen LogP contribution in [0.15, 0.2) is 10.7 Å². The van der Waals surface area contributed by atoms with Crippen LogP contribution in [0, 0.1) is 5.92 Å². The third-order valence-corrected chi connectivity index (χ3v) is 3.75. The lowest BCUT2D eigenvalue weighted by Crippen LogP contribution is -2.20. The Labute approximate surface area is 120 Å². The number of anilines is 1. The first-order valence-electron chi connectivity index (χ1n) is 6.05. The molecule has 1 aromatic heterocycles. The number of nitrogens with zero attached hydrogens (tertiary/aromatic N) is 2. The molecule has 1 heterocycles. The molecule has 0 aromatic carbocycles. The molecule has 2 rings (SSSR count). The fraction of sp³-hybridized carbons (Fsp3) is 0.583. The number of esters is 1. The van der Waals surface area contributed by atoms with E-state index in [1.54, 1.807) is 13.3 Å². The largest absolute Gasteiger partial charge is 0.480 e. The second-order valence-electron chi connectivity index (χ2n) is 4.43. The summed E-state index contributed by atoms with van der Waals surface area (Å²) in [6.45, 7) is 0. The quantitative estimate of drug-likeness (QED) is 0.852.